The maximum atomic E-state index is 12.4. The Morgan fingerprint density at radius 1 is 1.33 bits per heavy atom. The molecule has 0 bridgehead atoms. The molecule has 5 heteroatoms. The van der Waals surface area contributed by atoms with Gasteiger partial charge < -0.3 is 5.11 Å². The first kappa shape index (κ1) is 11.0. The molecular formula is C10H7BrF2OS. The fourth-order valence-electron chi connectivity index (χ4n) is 1.41. The van der Waals surface area contributed by atoms with Gasteiger partial charge in [-0.3, -0.25) is 0 Å². The van der Waals surface area contributed by atoms with E-state index in [0.717, 1.165) is 9.17 Å². The minimum absolute atomic E-state index is 0.298. The molecule has 0 aliphatic heterocycles. The quantitative estimate of drug-likeness (QED) is 0.888. The third-order valence-corrected chi connectivity index (χ3v) is 4.11. The number of benzene rings is 1. The van der Waals surface area contributed by atoms with Gasteiger partial charge in [-0.25, -0.2) is 8.78 Å². The summed E-state index contributed by atoms with van der Waals surface area (Å²) in [4.78, 5) is 0. The van der Waals surface area contributed by atoms with Gasteiger partial charge in [0, 0.05) is 14.7 Å². The minimum Gasteiger partial charge on any atom is -0.382 e. The van der Waals surface area contributed by atoms with Gasteiger partial charge in [0.2, 0.25) is 0 Å². The van der Waals surface area contributed by atoms with E-state index in [4.69, 9.17) is 0 Å². The Morgan fingerprint density at radius 2 is 2.07 bits per heavy atom. The Hall–Kier alpha value is -0.520. The molecule has 0 amide bonds. The van der Waals surface area contributed by atoms with Crippen molar-refractivity contribution in [3.05, 3.63) is 33.6 Å². The summed E-state index contributed by atoms with van der Waals surface area (Å²) in [5.74, 6) is 0. The average Bonchev–Trinajstić information content (AvgIpc) is 2.61. The lowest BCUT2D eigenvalue weighted by Gasteiger charge is -2.07. The van der Waals surface area contributed by atoms with Crippen molar-refractivity contribution in [2.24, 2.45) is 0 Å². The molecule has 2 aromatic rings. The second-order valence-corrected chi connectivity index (χ2v) is 4.82. The molecule has 1 heterocycles. The number of halogens is 3. The van der Waals surface area contributed by atoms with Gasteiger partial charge in [-0.15, -0.1) is 11.3 Å². The van der Waals surface area contributed by atoms with Crippen molar-refractivity contribution in [1.82, 2.24) is 0 Å². The Labute approximate surface area is 97.5 Å². The normalized spacial score (nSPS) is 13.7. The molecule has 2 rings (SSSR count). The summed E-state index contributed by atoms with van der Waals surface area (Å²) < 4.78 is 26.5. The molecule has 1 aromatic heterocycles. The first-order valence-corrected chi connectivity index (χ1v) is 5.90. The van der Waals surface area contributed by atoms with Crippen molar-refractivity contribution in [2.75, 3.05) is 0 Å². The molecule has 1 unspecified atom stereocenters. The highest BCUT2D eigenvalue weighted by Gasteiger charge is 2.22. The monoisotopic (exact) mass is 292 g/mol. The molecule has 0 radical (unpaired) electrons. The highest BCUT2D eigenvalue weighted by atomic mass is 79.9. The minimum atomic E-state index is -2.75. The molecule has 0 fully saturated rings. The number of aliphatic hydroxyl groups excluding tert-OH is 1. The van der Waals surface area contributed by atoms with Crippen LogP contribution in [0.1, 0.15) is 11.7 Å². The smallest absolute Gasteiger partial charge is 0.268 e. The predicted octanol–water partition coefficient (Wildman–Crippen LogP) is 3.96. The summed E-state index contributed by atoms with van der Waals surface area (Å²) in [5.41, 5.74) is 0.298. The van der Waals surface area contributed by atoms with E-state index in [1.54, 1.807) is 17.5 Å². The summed E-state index contributed by atoms with van der Waals surface area (Å²) >= 11 is 4.68. The van der Waals surface area contributed by atoms with Crippen molar-refractivity contribution < 1.29 is 13.9 Å². The van der Waals surface area contributed by atoms with Crippen LogP contribution in [-0.2, 0) is 0 Å². The predicted molar refractivity (Wildman–Crippen MR) is 60.5 cm³/mol. The Balaban J connectivity index is 2.59. The lowest BCUT2D eigenvalue weighted by Crippen LogP contribution is -2.06. The third kappa shape index (κ3) is 1.91. The summed E-state index contributed by atoms with van der Waals surface area (Å²) in [7, 11) is 0. The zero-order valence-corrected chi connectivity index (χ0v) is 9.86. The third-order valence-electron chi connectivity index (χ3n) is 2.14. The van der Waals surface area contributed by atoms with Crippen LogP contribution in [0.15, 0.2) is 28.1 Å². The molecule has 0 saturated heterocycles. The van der Waals surface area contributed by atoms with E-state index in [1.165, 1.54) is 11.3 Å². The van der Waals surface area contributed by atoms with Gasteiger partial charge >= 0.3 is 0 Å². The molecule has 1 atom stereocenters. The molecule has 15 heavy (non-hydrogen) atoms. The average molecular weight is 293 g/mol. The summed E-state index contributed by atoms with van der Waals surface area (Å²) in [6, 6.07) is 5.34. The van der Waals surface area contributed by atoms with E-state index < -0.39 is 12.5 Å². The summed E-state index contributed by atoms with van der Waals surface area (Å²) in [6.07, 6.45) is -4.45. The van der Waals surface area contributed by atoms with Gasteiger partial charge in [-0.05, 0) is 32.8 Å². The number of thiophene rings is 1. The number of hydrogen-bond acceptors (Lipinski definition) is 2. The zero-order chi connectivity index (χ0) is 11.0. The van der Waals surface area contributed by atoms with E-state index >= 15 is 0 Å². The lowest BCUT2D eigenvalue weighted by molar-refractivity contribution is -0.00475. The fraction of sp³-hybridized carbons (Fsp3) is 0.200. The summed E-state index contributed by atoms with van der Waals surface area (Å²) in [6.45, 7) is 0. The molecule has 80 valence electrons. The van der Waals surface area contributed by atoms with Crippen molar-refractivity contribution >= 4 is 37.4 Å². The van der Waals surface area contributed by atoms with Crippen LogP contribution in [0.3, 0.4) is 0 Å². The van der Waals surface area contributed by atoms with Gasteiger partial charge in [0.05, 0.1) is 0 Å². The van der Waals surface area contributed by atoms with Crippen LogP contribution in [0.4, 0.5) is 8.78 Å². The first-order valence-electron chi connectivity index (χ1n) is 4.23. The van der Waals surface area contributed by atoms with Crippen LogP contribution in [0.5, 0.6) is 0 Å². The highest BCUT2D eigenvalue weighted by molar-refractivity contribution is 9.10. The van der Waals surface area contributed by atoms with Crippen molar-refractivity contribution in [3.8, 4) is 0 Å². The molecular weight excluding hydrogens is 286 g/mol. The second kappa shape index (κ2) is 4.15. The maximum absolute atomic E-state index is 12.4. The SMILES string of the molecule is OC(c1csc2c(Br)cccc12)C(F)F. The number of alkyl halides is 2. The largest absolute Gasteiger partial charge is 0.382 e. The van der Waals surface area contributed by atoms with Crippen molar-refractivity contribution in [3.63, 3.8) is 0 Å². The van der Waals surface area contributed by atoms with E-state index in [9.17, 15) is 13.9 Å². The Morgan fingerprint density at radius 3 is 2.73 bits per heavy atom. The molecule has 0 saturated carbocycles. The molecule has 0 aliphatic carbocycles. The molecule has 1 nitrogen and oxygen atoms in total. The second-order valence-electron chi connectivity index (χ2n) is 3.09. The van der Waals surface area contributed by atoms with Crippen LogP contribution in [0.2, 0.25) is 0 Å². The fourth-order valence-corrected chi connectivity index (χ4v) is 3.06. The van der Waals surface area contributed by atoms with Gasteiger partial charge in [0.15, 0.2) is 0 Å². The number of rotatable bonds is 2. The van der Waals surface area contributed by atoms with Crippen LogP contribution < -0.4 is 0 Å². The van der Waals surface area contributed by atoms with Crippen molar-refractivity contribution in [2.45, 2.75) is 12.5 Å². The highest BCUT2D eigenvalue weighted by Crippen LogP contribution is 2.36. The zero-order valence-electron chi connectivity index (χ0n) is 7.45. The van der Waals surface area contributed by atoms with E-state index in [-0.39, 0.29) is 0 Å². The van der Waals surface area contributed by atoms with E-state index in [0.29, 0.717) is 10.9 Å². The van der Waals surface area contributed by atoms with Crippen LogP contribution >= 0.6 is 27.3 Å². The molecule has 1 N–H and O–H groups in total. The van der Waals surface area contributed by atoms with Crippen LogP contribution in [0, 0.1) is 0 Å². The van der Waals surface area contributed by atoms with E-state index in [1.807, 2.05) is 6.07 Å². The van der Waals surface area contributed by atoms with Gasteiger partial charge in [-0.1, -0.05) is 12.1 Å². The number of fused-ring (bicyclic) bond motifs is 1. The standard InChI is InChI=1S/C10H7BrF2OS/c11-7-3-1-2-5-6(4-15-9(5)7)8(14)10(12)13/h1-4,8,10,14H. The van der Waals surface area contributed by atoms with E-state index in [2.05, 4.69) is 15.9 Å². The first-order chi connectivity index (χ1) is 7.11. The van der Waals surface area contributed by atoms with Gasteiger partial charge in [0.1, 0.15) is 6.10 Å². The van der Waals surface area contributed by atoms with Gasteiger partial charge in [-0.2, -0.15) is 0 Å². The summed E-state index contributed by atoms with van der Waals surface area (Å²) in [5, 5.41) is 11.6. The number of aliphatic hydroxyl groups is 1. The number of hydrogen-bond donors (Lipinski definition) is 1. The Kier molecular flexibility index (Phi) is 3.04. The Bertz CT molecular complexity index is 483. The van der Waals surface area contributed by atoms with Crippen LogP contribution in [-0.4, -0.2) is 11.5 Å². The van der Waals surface area contributed by atoms with Gasteiger partial charge in [0.25, 0.3) is 6.43 Å². The molecule has 0 spiro atoms. The van der Waals surface area contributed by atoms with Crippen molar-refractivity contribution in [1.29, 1.82) is 0 Å². The maximum Gasteiger partial charge on any atom is 0.268 e. The van der Waals surface area contributed by atoms with Crippen LogP contribution in [0.25, 0.3) is 10.1 Å². The molecule has 1 aromatic carbocycles. The lowest BCUT2D eigenvalue weighted by atomic mass is 10.1. The topological polar surface area (TPSA) is 20.2 Å². The molecule has 0 aliphatic rings.